The van der Waals surface area contributed by atoms with Gasteiger partial charge in [-0.05, 0) is 39.8 Å². The van der Waals surface area contributed by atoms with Crippen LogP contribution in [0.1, 0.15) is 34.1 Å². The Hall–Kier alpha value is -2.04. The molecule has 0 unspecified atom stereocenters. The van der Waals surface area contributed by atoms with Gasteiger partial charge in [-0.2, -0.15) is 0 Å². The summed E-state index contributed by atoms with van der Waals surface area (Å²) in [5.41, 5.74) is 0.226. The Kier molecular flexibility index (Phi) is 5.55. The van der Waals surface area contributed by atoms with E-state index in [1.807, 2.05) is 33.8 Å². The zero-order chi connectivity index (χ0) is 15.2. The summed E-state index contributed by atoms with van der Waals surface area (Å²) in [6.45, 7) is 7.99. The van der Waals surface area contributed by atoms with Crippen LogP contribution in [0.25, 0.3) is 0 Å². The summed E-state index contributed by atoms with van der Waals surface area (Å²) in [5.74, 6) is -0.0672. The van der Waals surface area contributed by atoms with Gasteiger partial charge in [-0.25, -0.2) is 0 Å². The van der Waals surface area contributed by atoms with Crippen molar-refractivity contribution in [1.29, 1.82) is 0 Å². The van der Waals surface area contributed by atoms with Gasteiger partial charge in [0, 0.05) is 5.54 Å². The molecule has 5 nitrogen and oxygen atoms in total. The quantitative estimate of drug-likeness (QED) is 0.812. The molecule has 0 aliphatic carbocycles. The second-order valence-electron chi connectivity index (χ2n) is 5.45. The minimum Gasteiger partial charge on any atom is -0.492 e. The molecule has 0 aromatic heterocycles. The normalized spacial score (nSPS) is 10.8. The van der Waals surface area contributed by atoms with Crippen LogP contribution in [0, 0.1) is 0 Å². The molecule has 2 amide bonds. The molecule has 1 rings (SSSR count). The lowest BCUT2D eigenvalue weighted by atomic mass is 10.1. The van der Waals surface area contributed by atoms with Gasteiger partial charge in [0.05, 0.1) is 12.3 Å². The Morgan fingerprint density at radius 3 is 2.40 bits per heavy atom. The van der Waals surface area contributed by atoms with Crippen LogP contribution >= 0.6 is 0 Å². The number of benzene rings is 1. The van der Waals surface area contributed by atoms with Gasteiger partial charge < -0.3 is 15.4 Å². The molecule has 20 heavy (non-hydrogen) atoms. The first kappa shape index (κ1) is 16.0. The maximum absolute atomic E-state index is 11.8. The minimum atomic E-state index is -0.362. The summed E-state index contributed by atoms with van der Waals surface area (Å²) < 4.78 is 5.41. The number of anilines is 1. The van der Waals surface area contributed by atoms with E-state index in [9.17, 15) is 9.59 Å². The van der Waals surface area contributed by atoms with Crippen LogP contribution in [-0.2, 0) is 9.59 Å². The molecule has 0 atom stereocenters. The first-order valence-corrected chi connectivity index (χ1v) is 6.64. The molecule has 0 aliphatic rings. The maximum Gasteiger partial charge on any atom is 0.233 e. The number of hydrogen-bond donors (Lipinski definition) is 2. The number of para-hydroxylation sites is 2. The molecule has 1 aromatic rings. The summed E-state index contributed by atoms with van der Waals surface area (Å²) >= 11 is 0. The summed E-state index contributed by atoms with van der Waals surface area (Å²) in [6, 6.07) is 7.14. The van der Waals surface area contributed by atoms with E-state index >= 15 is 0 Å². The first-order chi connectivity index (χ1) is 9.31. The van der Waals surface area contributed by atoms with Gasteiger partial charge in [0.25, 0.3) is 0 Å². The highest BCUT2D eigenvalue weighted by Gasteiger charge is 2.17. The Balaban J connectivity index is 2.61. The maximum atomic E-state index is 11.8. The zero-order valence-electron chi connectivity index (χ0n) is 12.4. The van der Waals surface area contributed by atoms with Crippen molar-refractivity contribution in [2.75, 3.05) is 11.9 Å². The number of carbonyl (C=O) groups is 2. The van der Waals surface area contributed by atoms with Crippen LogP contribution < -0.4 is 15.4 Å². The van der Waals surface area contributed by atoms with Crippen molar-refractivity contribution < 1.29 is 14.3 Å². The first-order valence-electron chi connectivity index (χ1n) is 6.64. The predicted octanol–water partition coefficient (Wildman–Crippen LogP) is 2.33. The van der Waals surface area contributed by atoms with E-state index in [4.69, 9.17) is 4.74 Å². The Morgan fingerprint density at radius 1 is 1.15 bits per heavy atom. The van der Waals surface area contributed by atoms with Gasteiger partial charge in [0.15, 0.2) is 0 Å². The van der Waals surface area contributed by atoms with Gasteiger partial charge in [0.1, 0.15) is 12.2 Å². The fourth-order valence-electron chi connectivity index (χ4n) is 1.65. The van der Waals surface area contributed by atoms with Crippen molar-refractivity contribution in [3.63, 3.8) is 0 Å². The fourth-order valence-corrected chi connectivity index (χ4v) is 1.65. The summed E-state index contributed by atoms with van der Waals surface area (Å²) in [4.78, 5) is 23.5. The van der Waals surface area contributed by atoms with Crippen LogP contribution in [0.2, 0.25) is 0 Å². The third kappa shape index (κ3) is 5.73. The number of nitrogens with one attached hydrogen (secondary N) is 2. The molecule has 0 heterocycles. The lowest BCUT2D eigenvalue weighted by Gasteiger charge is -2.20. The molecule has 2 N–H and O–H groups in total. The molecule has 0 aliphatic heterocycles. The Bertz CT molecular complexity index is 478. The average molecular weight is 278 g/mol. The van der Waals surface area contributed by atoms with Crippen molar-refractivity contribution in [1.82, 2.24) is 5.32 Å². The third-order valence-corrected chi connectivity index (χ3v) is 2.30. The molecule has 1 aromatic carbocycles. The highest BCUT2D eigenvalue weighted by atomic mass is 16.5. The van der Waals surface area contributed by atoms with Gasteiger partial charge in [-0.1, -0.05) is 12.1 Å². The summed E-state index contributed by atoms with van der Waals surface area (Å²) in [6.07, 6.45) is -0.211. The number of rotatable bonds is 5. The molecule has 0 spiro atoms. The highest BCUT2D eigenvalue weighted by molar-refractivity contribution is 6.04. The molecule has 0 fully saturated rings. The topological polar surface area (TPSA) is 67.4 Å². The van der Waals surface area contributed by atoms with Crippen LogP contribution in [0.4, 0.5) is 5.69 Å². The zero-order valence-corrected chi connectivity index (χ0v) is 12.4. The molecule has 0 bridgehead atoms. The SMILES string of the molecule is CCOc1ccccc1NC(=O)CC(=O)NC(C)(C)C. The van der Waals surface area contributed by atoms with Crippen LogP contribution in [-0.4, -0.2) is 24.0 Å². The molecule has 0 saturated carbocycles. The van der Waals surface area contributed by atoms with Gasteiger partial charge in [-0.3, -0.25) is 9.59 Å². The van der Waals surface area contributed by atoms with Crippen molar-refractivity contribution in [2.24, 2.45) is 0 Å². The van der Waals surface area contributed by atoms with Crippen LogP contribution in [0.3, 0.4) is 0 Å². The van der Waals surface area contributed by atoms with E-state index in [0.717, 1.165) is 0 Å². The van der Waals surface area contributed by atoms with E-state index in [-0.39, 0.29) is 23.8 Å². The third-order valence-electron chi connectivity index (χ3n) is 2.30. The van der Waals surface area contributed by atoms with E-state index in [1.165, 1.54) is 0 Å². The molecular weight excluding hydrogens is 256 g/mol. The molecule has 0 saturated heterocycles. The molecule has 110 valence electrons. The van der Waals surface area contributed by atoms with Crippen LogP contribution in [0.5, 0.6) is 5.75 Å². The second kappa shape index (κ2) is 6.93. The monoisotopic (exact) mass is 278 g/mol. The van der Waals surface area contributed by atoms with E-state index in [0.29, 0.717) is 18.0 Å². The average Bonchev–Trinajstić information content (AvgIpc) is 2.29. The number of carbonyl (C=O) groups excluding carboxylic acids is 2. The summed E-state index contributed by atoms with van der Waals surface area (Å²) in [5, 5.41) is 5.43. The number of ether oxygens (including phenoxy) is 1. The van der Waals surface area contributed by atoms with Crippen molar-refractivity contribution in [2.45, 2.75) is 39.7 Å². The van der Waals surface area contributed by atoms with Crippen molar-refractivity contribution in [3.8, 4) is 5.75 Å². The molecule has 5 heteroatoms. The smallest absolute Gasteiger partial charge is 0.233 e. The summed E-state index contributed by atoms with van der Waals surface area (Å²) in [7, 11) is 0. The lowest BCUT2D eigenvalue weighted by Crippen LogP contribution is -2.41. The van der Waals surface area contributed by atoms with E-state index in [1.54, 1.807) is 18.2 Å². The van der Waals surface area contributed by atoms with Crippen molar-refractivity contribution >= 4 is 17.5 Å². The second-order valence-corrected chi connectivity index (χ2v) is 5.45. The van der Waals surface area contributed by atoms with E-state index in [2.05, 4.69) is 10.6 Å². The van der Waals surface area contributed by atoms with Crippen LogP contribution in [0.15, 0.2) is 24.3 Å². The van der Waals surface area contributed by atoms with Gasteiger partial charge in [0.2, 0.25) is 11.8 Å². The Labute approximate surface area is 119 Å². The Morgan fingerprint density at radius 2 is 1.80 bits per heavy atom. The van der Waals surface area contributed by atoms with E-state index < -0.39 is 0 Å². The van der Waals surface area contributed by atoms with Crippen molar-refractivity contribution in [3.05, 3.63) is 24.3 Å². The molecular formula is C15H22N2O3. The predicted molar refractivity (Wildman–Crippen MR) is 78.8 cm³/mol. The molecule has 0 radical (unpaired) electrons. The van der Waals surface area contributed by atoms with Gasteiger partial charge >= 0.3 is 0 Å². The number of amides is 2. The standard InChI is InChI=1S/C15H22N2O3/c1-5-20-12-9-7-6-8-11(12)16-13(18)10-14(19)17-15(2,3)4/h6-9H,5,10H2,1-4H3,(H,16,18)(H,17,19). The fraction of sp³-hybridized carbons (Fsp3) is 0.467. The lowest BCUT2D eigenvalue weighted by molar-refractivity contribution is -0.127. The minimum absolute atomic E-state index is 0.211. The van der Waals surface area contributed by atoms with Gasteiger partial charge in [-0.15, -0.1) is 0 Å². The number of hydrogen-bond acceptors (Lipinski definition) is 3. The largest absolute Gasteiger partial charge is 0.492 e. The highest BCUT2D eigenvalue weighted by Crippen LogP contribution is 2.23.